The molecule has 1 aromatic carbocycles. The van der Waals surface area contributed by atoms with Crippen molar-refractivity contribution in [2.45, 2.75) is 25.2 Å². The number of alkyl halides is 6. The molecule has 2 rings (SSSR count). The van der Waals surface area contributed by atoms with Gasteiger partial charge in [0.2, 0.25) is 0 Å². The Hall–Kier alpha value is -2.99. The molecule has 31 heavy (non-hydrogen) atoms. The van der Waals surface area contributed by atoms with Crippen LogP contribution in [0.5, 0.6) is 0 Å². The van der Waals surface area contributed by atoms with Gasteiger partial charge in [-0.1, -0.05) is 0 Å². The maximum absolute atomic E-state index is 12.5. The zero-order valence-electron chi connectivity index (χ0n) is 15.9. The topological polar surface area (TPSA) is 84.9 Å². The summed E-state index contributed by atoms with van der Waals surface area (Å²) in [7, 11) is 0. The second-order valence-corrected chi connectivity index (χ2v) is 6.66. The first-order chi connectivity index (χ1) is 14.3. The van der Waals surface area contributed by atoms with Crippen molar-refractivity contribution >= 4 is 23.7 Å². The first-order valence-corrected chi connectivity index (χ1v) is 8.97. The van der Waals surface area contributed by atoms with Crippen LogP contribution in [0.3, 0.4) is 0 Å². The summed E-state index contributed by atoms with van der Waals surface area (Å²) in [6.07, 6.45) is -10.1. The summed E-state index contributed by atoms with van der Waals surface area (Å²) < 4.78 is 82.7. The number of carbonyl (C=O) groups is 3. The van der Waals surface area contributed by atoms with Gasteiger partial charge in [-0.3, -0.25) is 9.59 Å². The van der Waals surface area contributed by atoms with Gasteiger partial charge in [-0.25, -0.2) is 4.79 Å². The van der Waals surface area contributed by atoms with Gasteiger partial charge in [-0.15, -0.1) is 0 Å². The number of hydrogen-bond donors (Lipinski definition) is 1. The van der Waals surface area contributed by atoms with Gasteiger partial charge in [0, 0.05) is 18.8 Å². The molecular weight excluding hydrogens is 438 g/mol. The lowest BCUT2D eigenvalue weighted by molar-refractivity contribution is -0.163. The summed E-state index contributed by atoms with van der Waals surface area (Å²) >= 11 is 0. The summed E-state index contributed by atoms with van der Waals surface area (Å²) in [6, 6.07) is 3.68. The second-order valence-electron chi connectivity index (χ2n) is 6.66. The number of benzene rings is 1. The number of carbonyl (C=O) groups excluding carboxylic acids is 3. The number of esters is 1. The lowest BCUT2D eigenvalue weighted by Crippen LogP contribution is -2.42. The van der Waals surface area contributed by atoms with Crippen LogP contribution in [0.25, 0.3) is 0 Å². The van der Waals surface area contributed by atoms with Crippen LogP contribution in [0.15, 0.2) is 24.3 Å². The maximum atomic E-state index is 12.5. The highest BCUT2D eigenvalue weighted by Gasteiger charge is 2.33. The summed E-state index contributed by atoms with van der Waals surface area (Å²) in [6.45, 7) is -2.42. The summed E-state index contributed by atoms with van der Waals surface area (Å²) in [5.74, 6) is -2.15. The van der Waals surface area contributed by atoms with Gasteiger partial charge >= 0.3 is 24.4 Å². The highest BCUT2D eigenvalue weighted by atomic mass is 19.4. The molecular formula is C18H18F6N2O5. The average molecular weight is 456 g/mol. The third kappa shape index (κ3) is 7.98. The molecule has 1 aliphatic heterocycles. The number of piperidine rings is 1. The number of amides is 2. The molecule has 1 heterocycles. The zero-order valence-corrected chi connectivity index (χ0v) is 15.9. The minimum Gasteiger partial charge on any atom is -0.455 e. The minimum absolute atomic E-state index is 0.0196. The summed E-state index contributed by atoms with van der Waals surface area (Å²) in [5.41, 5.74) is -0.801. The maximum Gasteiger partial charge on any atom is 0.422 e. The van der Waals surface area contributed by atoms with Crippen LogP contribution in [0.2, 0.25) is 0 Å². The molecule has 1 N–H and O–H groups in total. The molecule has 1 aromatic rings. The van der Waals surface area contributed by atoms with Crippen LogP contribution in [0.1, 0.15) is 18.4 Å². The molecule has 0 spiro atoms. The number of halogens is 6. The molecule has 0 atom stereocenters. The zero-order chi connectivity index (χ0) is 23.2. The number of nitrogens with zero attached hydrogens (tertiary/aromatic N) is 1. The molecule has 1 aliphatic rings. The number of hydrogen-bond acceptors (Lipinski definition) is 5. The molecule has 7 nitrogen and oxygen atoms in total. The highest BCUT2D eigenvalue weighted by Crippen LogP contribution is 2.29. The van der Waals surface area contributed by atoms with E-state index < -0.39 is 55.0 Å². The lowest BCUT2D eigenvalue weighted by atomic mass is 9.97. The smallest absolute Gasteiger partial charge is 0.422 e. The molecule has 0 bridgehead atoms. The van der Waals surface area contributed by atoms with E-state index in [9.17, 15) is 40.7 Å². The van der Waals surface area contributed by atoms with Crippen molar-refractivity contribution in [3.63, 3.8) is 0 Å². The van der Waals surface area contributed by atoms with E-state index in [2.05, 4.69) is 10.1 Å². The Bertz CT molecular complexity index is 786. The number of rotatable bonds is 5. The van der Waals surface area contributed by atoms with Crippen molar-refractivity contribution in [2.75, 3.05) is 31.6 Å². The van der Waals surface area contributed by atoms with Crippen LogP contribution in [0.4, 0.5) is 36.8 Å². The number of likely N-dealkylation sites (tertiary alicyclic amines) is 1. The second kappa shape index (κ2) is 9.88. The van der Waals surface area contributed by atoms with Crippen molar-refractivity contribution in [1.82, 2.24) is 4.90 Å². The largest absolute Gasteiger partial charge is 0.455 e. The standard InChI is InChI=1S/C18H18F6N2O5/c19-17(20,21)10-31-16(29)26-7-5-11(6-8-26)15(28)30-9-14(27)25-13-3-1-12(2-4-13)18(22,23)24/h1-4,11H,5-10H2,(H,25,27). The fourth-order valence-corrected chi connectivity index (χ4v) is 2.73. The summed E-state index contributed by atoms with van der Waals surface area (Å²) in [4.78, 5) is 36.4. The monoisotopic (exact) mass is 456 g/mol. The predicted molar refractivity (Wildman–Crippen MR) is 92.7 cm³/mol. The van der Waals surface area contributed by atoms with Crippen LogP contribution in [-0.4, -0.2) is 55.3 Å². The van der Waals surface area contributed by atoms with Gasteiger partial charge in [0.05, 0.1) is 11.5 Å². The Morgan fingerprint density at radius 3 is 2.06 bits per heavy atom. The SMILES string of the molecule is O=C(COC(=O)C1CCN(C(=O)OCC(F)(F)F)CC1)Nc1ccc(C(F)(F)F)cc1. The van der Waals surface area contributed by atoms with Crippen LogP contribution < -0.4 is 5.32 Å². The third-order valence-electron chi connectivity index (χ3n) is 4.29. The first kappa shape index (κ1) is 24.3. The van der Waals surface area contributed by atoms with E-state index in [1.807, 2.05) is 0 Å². The van der Waals surface area contributed by atoms with Crippen molar-refractivity contribution in [2.24, 2.45) is 5.92 Å². The van der Waals surface area contributed by atoms with Crippen molar-refractivity contribution < 1.29 is 50.2 Å². The average Bonchev–Trinajstić information content (AvgIpc) is 2.69. The molecule has 1 fully saturated rings. The molecule has 0 unspecified atom stereocenters. The Kier molecular flexibility index (Phi) is 7.74. The van der Waals surface area contributed by atoms with Crippen LogP contribution in [0, 0.1) is 5.92 Å². The van der Waals surface area contributed by atoms with Gasteiger partial charge in [-0.2, -0.15) is 26.3 Å². The van der Waals surface area contributed by atoms with Gasteiger partial charge in [0.15, 0.2) is 13.2 Å². The number of ether oxygens (including phenoxy) is 2. The molecule has 172 valence electrons. The van der Waals surface area contributed by atoms with E-state index in [0.29, 0.717) is 0 Å². The molecule has 1 saturated heterocycles. The van der Waals surface area contributed by atoms with Crippen molar-refractivity contribution in [3.05, 3.63) is 29.8 Å². The van der Waals surface area contributed by atoms with Gasteiger partial charge < -0.3 is 19.7 Å². The van der Waals surface area contributed by atoms with Crippen LogP contribution in [-0.2, 0) is 25.2 Å². The van der Waals surface area contributed by atoms with Crippen molar-refractivity contribution in [1.29, 1.82) is 0 Å². The molecule has 2 amide bonds. The normalized spacial score (nSPS) is 15.4. The number of anilines is 1. The minimum atomic E-state index is -4.64. The Morgan fingerprint density at radius 1 is 0.968 bits per heavy atom. The van der Waals surface area contributed by atoms with Gasteiger partial charge in [0.25, 0.3) is 5.91 Å². The molecule has 0 saturated carbocycles. The molecule has 0 aliphatic carbocycles. The molecule has 0 radical (unpaired) electrons. The Labute approximate surface area is 172 Å². The Morgan fingerprint density at radius 2 is 1.55 bits per heavy atom. The molecule has 13 heteroatoms. The predicted octanol–water partition coefficient (Wildman–Crippen LogP) is 3.60. The first-order valence-electron chi connectivity index (χ1n) is 8.97. The number of nitrogens with one attached hydrogen (secondary N) is 1. The highest BCUT2D eigenvalue weighted by molar-refractivity contribution is 5.92. The summed E-state index contributed by atoms with van der Waals surface area (Å²) in [5, 5.41) is 2.28. The van der Waals surface area contributed by atoms with Gasteiger partial charge in [0.1, 0.15) is 0 Å². The fourth-order valence-electron chi connectivity index (χ4n) is 2.73. The molecule has 0 aromatic heterocycles. The van der Waals surface area contributed by atoms with E-state index >= 15 is 0 Å². The van der Waals surface area contributed by atoms with Crippen LogP contribution >= 0.6 is 0 Å². The lowest BCUT2D eigenvalue weighted by Gasteiger charge is -2.30. The Balaban J connectivity index is 1.72. The van der Waals surface area contributed by atoms with E-state index in [1.165, 1.54) is 0 Å². The van der Waals surface area contributed by atoms with E-state index in [0.717, 1.165) is 29.2 Å². The fraction of sp³-hybridized carbons (Fsp3) is 0.500. The quantitative estimate of drug-likeness (QED) is 0.541. The van der Waals surface area contributed by atoms with E-state index in [1.54, 1.807) is 0 Å². The van der Waals surface area contributed by atoms with E-state index in [-0.39, 0.29) is 31.6 Å². The van der Waals surface area contributed by atoms with E-state index in [4.69, 9.17) is 4.74 Å². The third-order valence-corrected chi connectivity index (χ3v) is 4.29. The van der Waals surface area contributed by atoms with Crippen molar-refractivity contribution in [3.8, 4) is 0 Å². The van der Waals surface area contributed by atoms with Gasteiger partial charge in [-0.05, 0) is 37.1 Å².